The molecule has 0 radical (unpaired) electrons. The van der Waals surface area contributed by atoms with Crippen molar-refractivity contribution >= 4 is 46.4 Å². The number of nitrogens with one attached hydrogen (secondary N) is 3. The number of carbonyl (C=O) groups is 3. The summed E-state index contributed by atoms with van der Waals surface area (Å²) in [4.78, 5) is 42.9. The molecular formula is C28H32ClF2N5O5. The standard InChI is InChI=1S/C28H32ClF2N5O5/c1-28(2,3)41-26(38)32-11-10-21(36(4)25(37)34-15-18-6-5-7-22(31)24(18)29)16-40-27(39)35-23-13-19-12-20(30)9-8-17(19)14-33-23/h5-9,12-14,21H,10-11,15-16H2,1-4H3,(H,32,38)(H,34,37)(H,33,35,39)/t21-/m0/s1. The number of amides is 4. The highest BCUT2D eigenvalue weighted by Crippen LogP contribution is 2.20. The molecule has 0 spiro atoms. The maximum Gasteiger partial charge on any atom is 0.412 e. The number of carbonyl (C=O) groups excluding carboxylic acids is 3. The molecule has 0 bridgehead atoms. The second-order valence-electron chi connectivity index (χ2n) is 10.1. The van der Waals surface area contributed by atoms with Crippen LogP contribution in [-0.4, -0.2) is 59.9 Å². The van der Waals surface area contributed by atoms with Crippen molar-refractivity contribution in [2.45, 2.75) is 45.4 Å². The predicted octanol–water partition coefficient (Wildman–Crippen LogP) is 5.84. The summed E-state index contributed by atoms with van der Waals surface area (Å²) in [5.41, 5.74) is -0.308. The summed E-state index contributed by atoms with van der Waals surface area (Å²) in [5.74, 6) is -0.890. The quantitative estimate of drug-likeness (QED) is 0.287. The molecule has 3 rings (SSSR count). The van der Waals surface area contributed by atoms with Crippen LogP contribution >= 0.6 is 11.6 Å². The van der Waals surface area contributed by atoms with E-state index in [2.05, 4.69) is 20.9 Å². The Bertz CT molecular complexity index is 1400. The van der Waals surface area contributed by atoms with Crippen LogP contribution in [0.4, 0.5) is 29.0 Å². The van der Waals surface area contributed by atoms with Gasteiger partial charge >= 0.3 is 18.2 Å². The van der Waals surface area contributed by atoms with Gasteiger partial charge in [0.15, 0.2) is 0 Å². The van der Waals surface area contributed by atoms with E-state index in [0.717, 1.165) is 0 Å². The van der Waals surface area contributed by atoms with Gasteiger partial charge in [-0.3, -0.25) is 5.32 Å². The van der Waals surface area contributed by atoms with E-state index in [0.29, 0.717) is 16.3 Å². The predicted molar refractivity (Wildman–Crippen MR) is 151 cm³/mol. The molecule has 0 fully saturated rings. The fourth-order valence-corrected chi connectivity index (χ4v) is 3.88. The van der Waals surface area contributed by atoms with Gasteiger partial charge in [0, 0.05) is 31.7 Å². The fraction of sp³-hybridized carbons (Fsp3) is 0.357. The van der Waals surface area contributed by atoms with Crippen LogP contribution in [0.5, 0.6) is 0 Å². The molecule has 2 aromatic carbocycles. The molecule has 3 aromatic rings. The lowest BCUT2D eigenvalue weighted by Crippen LogP contribution is -2.47. The van der Waals surface area contributed by atoms with Crippen molar-refractivity contribution in [2.24, 2.45) is 0 Å². The molecule has 0 saturated heterocycles. The van der Waals surface area contributed by atoms with E-state index < -0.39 is 41.5 Å². The van der Waals surface area contributed by atoms with E-state index in [9.17, 15) is 23.2 Å². The molecule has 4 amide bonds. The molecule has 1 heterocycles. The summed E-state index contributed by atoms with van der Waals surface area (Å²) in [5, 5.41) is 8.87. The number of nitrogens with zero attached hydrogens (tertiary/aromatic N) is 2. The molecule has 0 aliphatic rings. The lowest BCUT2D eigenvalue weighted by atomic mass is 10.2. The van der Waals surface area contributed by atoms with Crippen LogP contribution < -0.4 is 16.0 Å². The van der Waals surface area contributed by atoms with Gasteiger partial charge in [0.1, 0.15) is 29.7 Å². The topological polar surface area (TPSA) is 122 Å². The smallest absolute Gasteiger partial charge is 0.412 e. The van der Waals surface area contributed by atoms with Crippen LogP contribution in [0, 0.1) is 11.6 Å². The molecule has 3 N–H and O–H groups in total. The van der Waals surface area contributed by atoms with Gasteiger partial charge in [0.05, 0.1) is 11.1 Å². The third-order valence-electron chi connectivity index (χ3n) is 5.80. The van der Waals surface area contributed by atoms with Crippen molar-refractivity contribution in [2.75, 3.05) is 25.5 Å². The number of likely N-dealkylation sites (N-methyl/N-ethyl adjacent to an activating group) is 1. The van der Waals surface area contributed by atoms with Crippen LogP contribution in [0.3, 0.4) is 0 Å². The Morgan fingerprint density at radius 1 is 1.05 bits per heavy atom. The van der Waals surface area contributed by atoms with Crippen molar-refractivity contribution in [3.63, 3.8) is 0 Å². The van der Waals surface area contributed by atoms with Crippen LogP contribution in [0.2, 0.25) is 5.02 Å². The minimum atomic E-state index is -0.848. The summed E-state index contributed by atoms with van der Waals surface area (Å²) in [6, 6.07) is 8.72. The van der Waals surface area contributed by atoms with Crippen molar-refractivity contribution in [1.29, 1.82) is 0 Å². The SMILES string of the molecule is CN(C(=O)NCc1cccc(F)c1Cl)[C@@H](CCNC(=O)OC(C)(C)C)COC(=O)Nc1cc2cc(F)ccc2cn1. The maximum absolute atomic E-state index is 13.7. The molecule has 13 heteroatoms. The Hall–Kier alpha value is -4.19. The minimum absolute atomic E-state index is 0.0434. The average molecular weight is 592 g/mol. The van der Waals surface area contributed by atoms with Crippen LogP contribution in [0.15, 0.2) is 48.7 Å². The first-order chi connectivity index (χ1) is 19.3. The van der Waals surface area contributed by atoms with Crippen molar-refractivity contribution in [3.05, 3.63) is 70.9 Å². The van der Waals surface area contributed by atoms with Gasteiger partial charge in [-0.2, -0.15) is 0 Å². The zero-order chi connectivity index (χ0) is 30.2. The number of rotatable bonds is 9. The number of fused-ring (bicyclic) bond motifs is 1. The first-order valence-corrected chi connectivity index (χ1v) is 13.1. The summed E-state index contributed by atoms with van der Waals surface area (Å²) in [7, 11) is 1.49. The number of urea groups is 1. The lowest BCUT2D eigenvalue weighted by Gasteiger charge is -2.28. The van der Waals surface area contributed by atoms with Crippen LogP contribution in [0.1, 0.15) is 32.8 Å². The molecule has 0 unspecified atom stereocenters. The van der Waals surface area contributed by atoms with Gasteiger partial charge in [-0.25, -0.2) is 28.1 Å². The van der Waals surface area contributed by atoms with Gasteiger partial charge < -0.3 is 25.0 Å². The number of alkyl carbamates (subject to hydrolysis) is 1. The number of benzene rings is 2. The number of aromatic nitrogens is 1. The Labute approximate surface area is 241 Å². The third-order valence-corrected chi connectivity index (χ3v) is 6.22. The summed E-state index contributed by atoms with van der Waals surface area (Å²) in [6.45, 7) is 5.01. The highest BCUT2D eigenvalue weighted by molar-refractivity contribution is 6.31. The monoisotopic (exact) mass is 591 g/mol. The van der Waals surface area contributed by atoms with Crippen LogP contribution in [0.25, 0.3) is 10.8 Å². The minimum Gasteiger partial charge on any atom is -0.447 e. The molecule has 41 heavy (non-hydrogen) atoms. The molecular weight excluding hydrogens is 560 g/mol. The average Bonchev–Trinajstić information content (AvgIpc) is 2.89. The zero-order valence-electron chi connectivity index (χ0n) is 23.1. The molecule has 1 atom stereocenters. The van der Waals surface area contributed by atoms with Crippen molar-refractivity contribution in [1.82, 2.24) is 20.5 Å². The number of anilines is 1. The highest BCUT2D eigenvalue weighted by Gasteiger charge is 2.23. The van der Waals surface area contributed by atoms with Gasteiger partial charge in [-0.05, 0) is 68.5 Å². The molecule has 1 aromatic heterocycles. The first-order valence-electron chi connectivity index (χ1n) is 12.7. The lowest BCUT2D eigenvalue weighted by molar-refractivity contribution is 0.0518. The maximum atomic E-state index is 13.7. The van der Waals surface area contributed by atoms with Crippen LogP contribution in [-0.2, 0) is 16.0 Å². The van der Waals surface area contributed by atoms with Crippen molar-refractivity contribution < 1.29 is 32.6 Å². The number of pyridine rings is 1. The van der Waals surface area contributed by atoms with E-state index >= 15 is 0 Å². The Morgan fingerprint density at radius 3 is 2.54 bits per heavy atom. The Balaban J connectivity index is 1.62. The van der Waals surface area contributed by atoms with Gasteiger partial charge in [-0.15, -0.1) is 0 Å². The van der Waals surface area contributed by atoms with Crippen molar-refractivity contribution in [3.8, 4) is 0 Å². The summed E-state index contributed by atoms with van der Waals surface area (Å²) < 4.78 is 37.9. The largest absolute Gasteiger partial charge is 0.447 e. The molecule has 10 nitrogen and oxygen atoms in total. The van der Waals surface area contributed by atoms with Gasteiger partial charge in [0.2, 0.25) is 0 Å². The summed E-state index contributed by atoms with van der Waals surface area (Å²) in [6.07, 6.45) is 0.198. The normalized spacial score (nSPS) is 11.9. The molecule has 0 saturated carbocycles. The molecule has 0 aliphatic carbocycles. The third kappa shape index (κ3) is 9.75. The zero-order valence-corrected chi connectivity index (χ0v) is 23.9. The fourth-order valence-electron chi connectivity index (χ4n) is 3.68. The highest BCUT2D eigenvalue weighted by atomic mass is 35.5. The van der Waals surface area contributed by atoms with E-state index in [4.69, 9.17) is 21.1 Å². The number of halogens is 3. The Morgan fingerprint density at radius 2 is 1.80 bits per heavy atom. The second-order valence-corrected chi connectivity index (χ2v) is 10.5. The van der Waals surface area contributed by atoms with Gasteiger partial charge in [0.25, 0.3) is 0 Å². The summed E-state index contributed by atoms with van der Waals surface area (Å²) >= 11 is 5.97. The number of hydrogen-bond acceptors (Lipinski definition) is 6. The Kier molecular flexibility index (Phi) is 10.6. The molecule has 220 valence electrons. The van der Waals surface area contributed by atoms with Gasteiger partial charge in [-0.1, -0.05) is 23.7 Å². The van der Waals surface area contributed by atoms with E-state index in [-0.39, 0.29) is 37.0 Å². The number of ether oxygens (including phenoxy) is 2. The first kappa shape index (κ1) is 31.3. The van der Waals surface area contributed by atoms with E-state index in [1.54, 1.807) is 32.9 Å². The number of hydrogen-bond donors (Lipinski definition) is 3. The second kappa shape index (κ2) is 13.9. The van der Waals surface area contributed by atoms with E-state index in [1.165, 1.54) is 48.5 Å². The molecule has 0 aliphatic heterocycles. The van der Waals surface area contributed by atoms with E-state index in [1.807, 2.05) is 0 Å².